The predicted molar refractivity (Wildman–Crippen MR) is 87.1 cm³/mol. The van der Waals surface area contributed by atoms with Gasteiger partial charge in [-0.05, 0) is 71.3 Å². The molecule has 2 rings (SSSR count). The molecule has 0 N–H and O–H groups in total. The van der Waals surface area contributed by atoms with Crippen molar-refractivity contribution in [1.82, 2.24) is 4.90 Å². The van der Waals surface area contributed by atoms with Gasteiger partial charge in [-0.15, -0.1) is 0 Å². The lowest BCUT2D eigenvalue weighted by atomic mass is 10.1. The first-order valence-corrected chi connectivity index (χ1v) is 8.22. The zero-order chi connectivity index (χ0) is 15.2. The summed E-state index contributed by atoms with van der Waals surface area (Å²) in [6.07, 6.45) is 4.37. The van der Waals surface area contributed by atoms with E-state index in [0.717, 1.165) is 18.0 Å². The van der Waals surface area contributed by atoms with Crippen LogP contribution in [0.2, 0.25) is 0 Å². The highest BCUT2D eigenvalue weighted by molar-refractivity contribution is 5.38. The van der Waals surface area contributed by atoms with Gasteiger partial charge in [0.25, 0.3) is 0 Å². The van der Waals surface area contributed by atoms with Crippen LogP contribution >= 0.6 is 0 Å². The van der Waals surface area contributed by atoms with Crippen LogP contribution in [-0.2, 0) is 6.54 Å². The van der Waals surface area contributed by atoms with Crippen LogP contribution in [0.1, 0.15) is 52.5 Å². The Hall–Kier alpha value is -1.22. The van der Waals surface area contributed by atoms with Crippen LogP contribution in [-0.4, -0.2) is 30.2 Å². The standard InChI is InChI=1S/C18H29NO2/c1-14(2)20-17-10-16(11-18(12-17)21-15(3)4)13-19-8-6-5-7-9-19/h10-12,14-15H,5-9,13H2,1-4H3. The van der Waals surface area contributed by atoms with Gasteiger partial charge in [0.2, 0.25) is 0 Å². The Balaban J connectivity index is 2.12. The summed E-state index contributed by atoms with van der Waals surface area (Å²) in [5.74, 6) is 1.82. The summed E-state index contributed by atoms with van der Waals surface area (Å²) >= 11 is 0. The van der Waals surface area contributed by atoms with Gasteiger partial charge in [-0.2, -0.15) is 0 Å². The lowest BCUT2D eigenvalue weighted by Crippen LogP contribution is -2.29. The maximum atomic E-state index is 5.87. The number of hydrogen-bond acceptors (Lipinski definition) is 3. The van der Waals surface area contributed by atoms with Gasteiger partial charge in [0.05, 0.1) is 12.2 Å². The van der Waals surface area contributed by atoms with Crippen molar-refractivity contribution in [2.24, 2.45) is 0 Å². The molecule has 118 valence electrons. The Morgan fingerprint density at radius 3 is 1.86 bits per heavy atom. The van der Waals surface area contributed by atoms with E-state index in [-0.39, 0.29) is 12.2 Å². The van der Waals surface area contributed by atoms with E-state index in [4.69, 9.17) is 9.47 Å². The molecule has 0 spiro atoms. The fourth-order valence-corrected chi connectivity index (χ4v) is 2.78. The molecular weight excluding hydrogens is 262 g/mol. The first-order valence-electron chi connectivity index (χ1n) is 8.22. The molecule has 1 aromatic carbocycles. The van der Waals surface area contributed by atoms with Crippen LogP contribution in [0.3, 0.4) is 0 Å². The van der Waals surface area contributed by atoms with Crippen LogP contribution in [0.25, 0.3) is 0 Å². The molecule has 0 aliphatic carbocycles. The van der Waals surface area contributed by atoms with E-state index in [9.17, 15) is 0 Å². The van der Waals surface area contributed by atoms with Crippen molar-refractivity contribution < 1.29 is 9.47 Å². The van der Waals surface area contributed by atoms with E-state index in [0.29, 0.717) is 0 Å². The molecule has 3 heteroatoms. The minimum absolute atomic E-state index is 0.183. The zero-order valence-electron chi connectivity index (χ0n) is 13.9. The van der Waals surface area contributed by atoms with Crippen molar-refractivity contribution in [2.45, 2.75) is 65.7 Å². The molecule has 0 amide bonds. The summed E-state index contributed by atoms with van der Waals surface area (Å²) in [4.78, 5) is 2.52. The van der Waals surface area contributed by atoms with Gasteiger partial charge in [-0.3, -0.25) is 4.90 Å². The summed E-state index contributed by atoms with van der Waals surface area (Å²) in [5.41, 5.74) is 1.28. The van der Waals surface area contributed by atoms with Gasteiger partial charge in [0, 0.05) is 12.6 Å². The number of ether oxygens (including phenoxy) is 2. The fourth-order valence-electron chi connectivity index (χ4n) is 2.78. The highest BCUT2D eigenvalue weighted by Crippen LogP contribution is 2.26. The molecule has 0 aromatic heterocycles. The van der Waals surface area contributed by atoms with Crippen molar-refractivity contribution >= 4 is 0 Å². The predicted octanol–water partition coefficient (Wildman–Crippen LogP) is 4.25. The molecule has 1 fully saturated rings. The van der Waals surface area contributed by atoms with E-state index in [1.165, 1.54) is 37.9 Å². The van der Waals surface area contributed by atoms with E-state index in [2.05, 4.69) is 44.7 Å². The molecule has 0 radical (unpaired) electrons. The number of benzene rings is 1. The quantitative estimate of drug-likeness (QED) is 0.782. The minimum atomic E-state index is 0.183. The second kappa shape index (κ2) is 7.69. The molecule has 1 saturated heterocycles. The van der Waals surface area contributed by atoms with Gasteiger partial charge in [-0.25, -0.2) is 0 Å². The molecule has 0 unspecified atom stereocenters. The molecule has 0 bridgehead atoms. The van der Waals surface area contributed by atoms with Crippen molar-refractivity contribution in [3.63, 3.8) is 0 Å². The second-order valence-corrected chi connectivity index (χ2v) is 6.48. The second-order valence-electron chi connectivity index (χ2n) is 6.48. The van der Waals surface area contributed by atoms with Crippen LogP contribution in [0.4, 0.5) is 0 Å². The molecule has 1 aliphatic heterocycles. The molecule has 1 heterocycles. The molecular formula is C18H29NO2. The summed E-state index contributed by atoms with van der Waals surface area (Å²) in [6, 6.07) is 6.31. The topological polar surface area (TPSA) is 21.7 Å². The molecule has 1 aromatic rings. The Morgan fingerprint density at radius 2 is 1.38 bits per heavy atom. The SMILES string of the molecule is CC(C)Oc1cc(CN2CCCCC2)cc(OC(C)C)c1. The third-order valence-corrected chi connectivity index (χ3v) is 3.54. The Morgan fingerprint density at radius 1 is 0.857 bits per heavy atom. The van der Waals surface area contributed by atoms with Crippen LogP contribution < -0.4 is 9.47 Å². The first-order chi connectivity index (χ1) is 10.0. The normalized spacial score (nSPS) is 16.5. The smallest absolute Gasteiger partial charge is 0.123 e. The highest BCUT2D eigenvalue weighted by Gasteiger charge is 2.13. The van der Waals surface area contributed by atoms with Gasteiger partial charge in [-0.1, -0.05) is 6.42 Å². The summed E-state index contributed by atoms with van der Waals surface area (Å²) in [6.45, 7) is 11.6. The average molecular weight is 291 g/mol. The molecule has 1 aliphatic rings. The van der Waals surface area contributed by atoms with E-state index in [1.807, 2.05) is 6.07 Å². The minimum Gasteiger partial charge on any atom is -0.491 e. The van der Waals surface area contributed by atoms with Crippen LogP contribution in [0.5, 0.6) is 11.5 Å². The number of likely N-dealkylation sites (tertiary alicyclic amines) is 1. The first kappa shape index (κ1) is 16.2. The monoisotopic (exact) mass is 291 g/mol. The van der Waals surface area contributed by atoms with Crippen molar-refractivity contribution in [1.29, 1.82) is 0 Å². The van der Waals surface area contributed by atoms with E-state index in [1.54, 1.807) is 0 Å². The lowest BCUT2D eigenvalue weighted by molar-refractivity contribution is 0.215. The number of rotatable bonds is 6. The van der Waals surface area contributed by atoms with Crippen molar-refractivity contribution in [3.05, 3.63) is 23.8 Å². The van der Waals surface area contributed by atoms with Gasteiger partial charge >= 0.3 is 0 Å². The average Bonchev–Trinajstić information content (AvgIpc) is 2.37. The third kappa shape index (κ3) is 5.58. The van der Waals surface area contributed by atoms with Gasteiger partial charge in [0.1, 0.15) is 11.5 Å². The van der Waals surface area contributed by atoms with Crippen LogP contribution in [0.15, 0.2) is 18.2 Å². The van der Waals surface area contributed by atoms with E-state index < -0.39 is 0 Å². The van der Waals surface area contributed by atoms with Crippen LogP contribution in [0, 0.1) is 0 Å². The fraction of sp³-hybridized carbons (Fsp3) is 0.667. The maximum absolute atomic E-state index is 5.87. The summed E-state index contributed by atoms with van der Waals surface area (Å²) in [5, 5.41) is 0. The summed E-state index contributed by atoms with van der Waals surface area (Å²) in [7, 11) is 0. The highest BCUT2D eigenvalue weighted by atomic mass is 16.5. The van der Waals surface area contributed by atoms with E-state index >= 15 is 0 Å². The lowest BCUT2D eigenvalue weighted by Gasteiger charge is -2.27. The summed E-state index contributed by atoms with van der Waals surface area (Å²) < 4.78 is 11.7. The number of nitrogens with zero attached hydrogens (tertiary/aromatic N) is 1. The number of piperidine rings is 1. The molecule has 3 nitrogen and oxygen atoms in total. The van der Waals surface area contributed by atoms with Crippen molar-refractivity contribution in [2.75, 3.05) is 13.1 Å². The third-order valence-electron chi connectivity index (χ3n) is 3.54. The van der Waals surface area contributed by atoms with Crippen molar-refractivity contribution in [3.8, 4) is 11.5 Å². The van der Waals surface area contributed by atoms with Gasteiger partial charge in [0.15, 0.2) is 0 Å². The molecule has 0 saturated carbocycles. The van der Waals surface area contributed by atoms with Gasteiger partial charge < -0.3 is 9.47 Å². The molecule has 21 heavy (non-hydrogen) atoms. The zero-order valence-corrected chi connectivity index (χ0v) is 13.9. The Bertz CT molecular complexity index is 409. The maximum Gasteiger partial charge on any atom is 0.123 e. The Labute approximate surface area is 129 Å². The largest absolute Gasteiger partial charge is 0.491 e. The number of hydrogen-bond donors (Lipinski definition) is 0. The molecule has 0 atom stereocenters. The Kier molecular flexibility index (Phi) is 5.92.